The first-order valence-corrected chi connectivity index (χ1v) is 10.4. The van der Waals surface area contributed by atoms with Gasteiger partial charge in [-0.15, -0.1) is 10.2 Å². The van der Waals surface area contributed by atoms with Gasteiger partial charge in [-0.3, -0.25) is 4.90 Å². The average Bonchev–Trinajstić information content (AvgIpc) is 3.05. The summed E-state index contributed by atoms with van der Waals surface area (Å²) in [6.07, 6.45) is -0.679. The van der Waals surface area contributed by atoms with Gasteiger partial charge in [-0.05, 0) is 32.3 Å². The van der Waals surface area contributed by atoms with Crippen LogP contribution < -0.4 is 10.6 Å². The smallest absolute Gasteiger partial charge is 0.251 e. The summed E-state index contributed by atoms with van der Waals surface area (Å²) < 4.78 is 27.2. The highest BCUT2D eigenvalue weighted by Crippen LogP contribution is 2.14. The van der Waals surface area contributed by atoms with E-state index in [0.717, 1.165) is 30.1 Å². The van der Waals surface area contributed by atoms with Crippen molar-refractivity contribution < 1.29 is 8.78 Å². The summed E-state index contributed by atoms with van der Waals surface area (Å²) >= 11 is 0. The van der Waals surface area contributed by atoms with Gasteiger partial charge in [0, 0.05) is 26.2 Å². The van der Waals surface area contributed by atoms with Gasteiger partial charge in [-0.2, -0.15) is 0 Å². The normalized spacial score (nSPS) is 17.3. The lowest BCUT2D eigenvalue weighted by Gasteiger charge is -2.33. The molecule has 1 aromatic heterocycles. The molecule has 1 aromatic carbocycles. The highest BCUT2D eigenvalue weighted by atomic mass is 19.3. The summed E-state index contributed by atoms with van der Waals surface area (Å²) in [5.74, 6) is 2.32. The van der Waals surface area contributed by atoms with Crippen LogP contribution in [0, 0.1) is 6.92 Å². The molecule has 2 heterocycles. The van der Waals surface area contributed by atoms with E-state index in [1.807, 2.05) is 41.6 Å². The van der Waals surface area contributed by atoms with Gasteiger partial charge in [0.2, 0.25) is 0 Å². The number of nitrogens with one attached hydrogen (secondary N) is 2. The lowest BCUT2D eigenvalue weighted by atomic mass is 10.1. The third-order valence-electron chi connectivity index (χ3n) is 5.54. The Balaban J connectivity index is 1.66. The van der Waals surface area contributed by atoms with Crippen molar-refractivity contribution in [2.45, 2.75) is 51.7 Å². The number of nitrogens with zero attached hydrogens (tertiary/aromatic N) is 5. The molecule has 0 amide bonds. The van der Waals surface area contributed by atoms with Crippen molar-refractivity contribution >= 4 is 5.96 Å². The molecule has 0 radical (unpaired) electrons. The first-order chi connectivity index (χ1) is 14.4. The van der Waals surface area contributed by atoms with Crippen LogP contribution in [0.4, 0.5) is 8.78 Å². The number of alkyl halides is 2. The Labute approximate surface area is 176 Å². The number of aliphatic imine (C=N–C) groups is 1. The summed E-state index contributed by atoms with van der Waals surface area (Å²) in [5, 5.41) is 15.2. The molecule has 0 aliphatic carbocycles. The topological polar surface area (TPSA) is 70.4 Å². The number of piperidine rings is 1. The van der Waals surface area contributed by atoms with Crippen molar-refractivity contribution in [3.63, 3.8) is 0 Å². The Morgan fingerprint density at radius 1 is 1.20 bits per heavy atom. The number of likely N-dealkylation sites (tertiary alicyclic amines) is 1. The number of hydrogen-bond donors (Lipinski definition) is 2. The van der Waals surface area contributed by atoms with Crippen LogP contribution in [0.5, 0.6) is 0 Å². The first-order valence-electron chi connectivity index (χ1n) is 10.4. The van der Waals surface area contributed by atoms with Crippen LogP contribution in [0.15, 0.2) is 35.3 Å². The predicted octanol–water partition coefficient (Wildman–Crippen LogP) is 2.65. The molecular formula is C21H31F2N7. The minimum absolute atomic E-state index is 0.0672. The number of benzene rings is 1. The molecule has 7 nitrogen and oxygen atoms in total. The van der Waals surface area contributed by atoms with Crippen LogP contribution in [-0.2, 0) is 13.6 Å². The minimum atomic E-state index is -2.28. The van der Waals surface area contributed by atoms with Crippen LogP contribution >= 0.6 is 0 Å². The molecule has 2 aromatic rings. The zero-order valence-corrected chi connectivity index (χ0v) is 17.9. The van der Waals surface area contributed by atoms with Gasteiger partial charge in [0.05, 0.1) is 12.6 Å². The van der Waals surface area contributed by atoms with E-state index in [0.29, 0.717) is 25.6 Å². The van der Waals surface area contributed by atoms with Gasteiger partial charge in [-0.25, -0.2) is 13.8 Å². The minimum Gasteiger partial charge on any atom is -0.354 e. The Morgan fingerprint density at radius 2 is 1.90 bits per heavy atom. The van der Waals surface area contributed by atoms with Crippen molar-refractivity contribution in [3.8, 4) is 0 Å². The highest BCUT2D eigenvalue weighted by Gasteiger charge is 2.22. The molecule has 1 aliphatic heterocycles. The van der Waals surface area contributed by atoms with Crippen LogP contribution in [0.2, 0.25) is 0 Å². The summed E-state index contributed by atoms with van der Waals surface area (Å²) in [6.45, 7) is 5.56. The maximum absolute atomic E-state index is 12.6. The predicted molar refractivity (Wildman–Crippen MR) is 113 cm³/mol. The van der Waals surface area contributed by atoms with Crippen LogP contribution in [-0.4, -0.2) is 57.7 Å². The highest BCUT2D eigenvalue weighted by molar-refractivity contribution is 5.80. The van der Waals surface area contributed by atoms with Gasteiger partial charge in [0.25, 0.3) is 6.43 Å². The molecule has 1 atom stereocenters. The van der Waals surface area contributed by atoms with E-state index in [1.165, 1.54) is 0 Å². The monoisotopic (exact) mass is 419 g/mol. The number of aromatic nitrogens is 3. The zero-order valence-electron chi connectivity index (χ0n) is 17.9. The molecule has 0 bridgehead atoms. The molecule has 0 saturated carbocycles. The number of aryl methyl sites for hydroxylation is 1. The maximum Gasteiger partial charge on any atom is 0.251 e. The third-order valence-corrected chi connectivity index (χ3v) is 5.54. The molecule has 3 rings (SSSR count). The quantitative estimate of drug-likeness (QED) is 0.533. The van der Waals surface area contributed by atoms with Crippen molar-refractivity contribution in [2.24, 2.45) is 12.0 Å². The zero-order chi connectivity index (χ0) is 21.5. The standard InChI is InChI=1S/C21H31F2N7/c1-15(17-7-5-4-6-8-17)25-21(24-13-20-28-27-16(2)29(20)3)26-18-9-11-30(12-10-18)14-19(22)23/h4-8,15,18-19H,9-14H2,1-3H3,(H2,24,25,26). The molecule has 2 N–H and O–H groups in total. The SMILES string of the molecule is Cc1nnc(CN=C(NC2CCN(CC(F)F)CC2)NC(C)c2ccccc2)n1C. The van der Waals surface area contributed by atoms with E-state index < -0.39 is 6.43 Å². The molecule has 1 aliphatic rings. The van der Waals surface area contributed by atoms with Gasteiger partial charge in [0.1, 0.15) is 12.4 Å². The summed E-state index contributed by atoms with van der Waals surface area (Å²) in [4.78, 5) is 6.55. The van der Waals surface area contributed by atoms with Gasteiger partial charge >= 0.3 is 0 Å². The Kier molecular flexibility index (Phi) is 7.73. The number of guanidine groups is 1. The third kappa shape index (κ3) is 6.22. The van der Waals surface area contributed by atoms with E-state index in [-0.39, 0.29) is 18.6 Å². The van der Waals surface area contributed by atoms with Crippen molar-refractivity contribution in [3.05, 3.63) is 47.5 Å². The number of halogens is 2. The molecule has 1 saturated heterocycles. The summed E-state index contributed by atoms with van der Waals surface area (Å²) in [5.41, 5.74) is 1.16. The van der Waals surface area contributed by atoms with Gasteiger partial charge in [-0.1, -0.05) is 30.3 Å². The van der Waals surface area contributed by atoms with Gasteiger partial charge < -0.3 is 15.2 Å². The van der Waals surface area contributed by atoms with Gasteiger partial charge in [0.15, 0.2) is 11.8 Å². The maximum atomic E-state index is 12.6. The second kappa shape index (κ2) is 10.5. The fourth-order valence-electron chi connectivity index (χ4n) is 3.55. The lowest BCUT2D eigenvalue weighted by molar-refractivity contribution is 0.0744. The summed E-state index contributed by atoms with van der Waals surface area (Å²) in [7, 11) is 1.92. The second-order valence-corrected chi connectivity index (χ2v) is 7.77. The molecule has 30 heavy (non-hydrogen) atoms. The van der Waals surface area contributed by atoms with Crippen molar-refractivity contribution in [1.29, 1.82) is 0 Å². The summed E-state index contributed by atoms with van der Waals surface area (Å²) in [6, 6.07) is 10.4. The van der Waals surface area contributed by atoms with Crippen LogP contribution in [0.25, 0.3) is 0 Å². The molecule has 0 spiro atoms. The second-order valence-electron chi connectivity index (χ2n) is 7.77. The average molecular weight is 420 g/mol. The molecule has 1 unspecified atom stereocenters. The molecule has 1 fully saturated rings. The Hall–Kier alpha value is -2.55. The number of hydrogen-bond acceptors (Lipinski definition) is 4. The van der Waals surface area contributed by atoms with E-state index in [4.69, 9.17) is 4.99 Å². The van der Waals surface area contributed by atoms with E-state index in [1.54, 1.807) is 0 Å². The Bertz CT molecular complexity index is 814. The molecule has 9 heteroatoms. The molecule has 164 valence electrons. The van der Waals surface area contributed by atoms with Crippen LogP contribution in [0.1, 0.15) is 43.0 Å². The molecular weight excluding hydrogens is 388 g/mol. The fourth-order valence-corrected chi connectivity index (χ4v) is 3.55. The largest absolute Gasteiger partial charge is 0.354 e. The van der Waals surface area contributed by atoms with Crippen molar-refractivity contribution in [1.82, 2.24) is 30.3 Å². The lowest BCUT2D eigenvalue weighted by Crippen LogP contribution is -2.49. The fraction of sp³-hybridized carbons (Fsp3) is 0.571. The van der Waals surface area contributed by atoms with E-state index in [2.05, 4.69) is 39.9 Å². The van der Waals surface area contributed by atoms with Crippen molar-refractivity contribution in [2.75, 3.05) is 19.6 Å². The van der Waals surface area contributed by atoms with Crippen LogP contribution in [0.3, 0.4) is 0 Å². The van der Waals surface area contributed by atoms with E-state index >= 15 is 0 Å². The number of rotatable bonds is 7. The van der Waals surface area contributed by atoms with E-state index in [9.17, 15) is 8.78 Å². The Morgan fingerprint density at radius 3 is 2.50 bits per heavy atom. The first kappa shape index (κ1) is 22.1.